The Hall–Kier alpha value is -0.870. The summed E-state index contributed by atoms with van der Waals surface area (Å²) in [4.78, 5) is 16.8. The Morgan fingerprint density at radius 2 is 2.17 bits per heavy atom. The summed E-state index contributed by atoms with van der Waals surface area (Å²) in [6, 6.07) is 4.27. The molecule has 0 saturated carbocycles. The molecular weight excluding hydrogens is 244 g/mol. The van der Waals surface area contributed by atoms with Gasteiger partial charge in [0.25, 0.3) is 0 Å². The Kier molecular flexibility index (Phi) is 4.40. The van der Waals surface area contributed by atoms with Crippen LogP contribution >= 0.6 is 11.3 Å². The average molecular weight is 266 g/mol. The topological polar surface area (TPSA) is 32.3 Å². The minimum absolute atomic E-state index is 0.0114. The Morgan fingerprint density at radius 1 is 1.39 bits per heavy atom. The van der Waals surface area contributed by atoms with E-state index in [0.29, 0.717) is 0 Å². The third-order valence-corrected chi connectivity index (χ3v) is 4.52. The molecule has 0 bridgehead atoms. The second-order valence-corrected chi connectivity index (χ2v) is 6.16. The molecule has 1 aromatic rings. The number of likely N-dealkylation sites (N-methyl/N-ethyl adjacent to an activating group) is 1. The van der Waals surface area contributed by atoms with Crippen molar-refractivity contribution in [1.29, 1.82) is 0 Å². The SMILES string of the molecule is CCCCC1NC(c2ccc(C)s2)N(CC)C1=O. The summed E-state index contributed by atoms with van der Waals surface area (Å²) in [6.07, 6.45) is 3.28. The number of carbonyl (C=O) groups excluding carboxylic acids is 1. The molecule has 100 valence electrons. The fourth-order valence-electron chi connectivity index (χ4n) is 2.47. The first-order valence-electron chi connectivity index (χ1n) is 6.80. The van der Waals surface area contributed by atoms with Crippen molar-refractivity contribution < 1.29 is 4.79 Å². The predicted molar refractivity (Wildman–Crippen MR) is 75.6 cm³/mol. The maximum Gasteiger partial charge on any atom is 0.241 e. The van der Waals surface area contributed by atoms with Crippen molar-refractivity contribution in [3.05, 3.63) is 21.9 Å². The van der Waals surface area contributed by atoms with Crippen LogP contribution in [0.2, 0.25) is 0 Å². The average Bonchev–Trinajstić information content (AvgIpc) is 2.91. The highest BCUT2D eigenvalue weighted by Gasteiger charge is 2.38. The third-order valence-electron chi connectivity index (χ3n) is 3.47. The summed E-state index contributed by atoms with van der Waals surface area (Å²) in [5, 5.41) is 3.49. The molecule has 4 heteroatoms. The lowest BCUT2D eigenvalue weighted by Gasteiger charge is -2.21. The highest BCUT2D eigenvalue weighted by molar-refractivity contribution is 7.12. The van der Waals surface area contributed by atoms with E-state index >= 15 is 0 Å². The molecule has 0 aromatic carbocycles. The molecule has 2 atom stereocenters. The zero-order valence-electron chi connectivity index (χ0n) is 11.4. The van der Waals surface area contributed by atoms with Gasteiger partial charge in [-0.3, -0.25) is 10.1 Å². The molecule has 2 unspecified atom stereocenters. The number of thiophene rings is 1. The van der Waals surface area contributed by atoms with Gasteiger partial charge in [-0.25, -0.2) is 0 Å². The van der Waals surface area contributed by atoms with Crippen LogP contribution in [0.4, 0.5) is 0 Å². The van der Waals surface area contributed by atoms with Crippen LogP contribution in [0.5, 0.6) is 0 Å². The number of amides is 1. The Bertz CT molecular complexity index is 416. The van der Waals surface area contributed by atoms with E-state index in [4.69, 9.17) is 0 Å². The van der Waals surface area contributed by atoms with E-state index in [2.05, 4.69) is 38.2 Å². The maximum absolute atomic E-state index is 12.3. The first-order chi connectivity index (χ1) is 8.67. The molecule has 1 aliphatic heterocycles. The van der Waals surface area contributed by atoms with Gasteiger partial charge in [0, 0.05) is 16.3 Å². The standard InChI is InChI=1S/C14H22N2OS/c1-4-6-7-11-14(17)16(5-2)13(15-11)12-9-8-10(3)18-12/h8-9,11,13,15H,4-7H2,1-3H3. The molecule has 1 saturated heterocycles. The van der Waals surface area contributed by atoms with E-state index in [1.54, 1.807) is 11.3 Å². The summed E-state index contributed by atoms with van der Waals surface area (Å²) in [5.74, 6) is 0.266. The van der Waals surface area contributed by atoms with Crippen molar-refractivity contribution in [2.24, 2.45) is 0 Å². The number of unbranched alkanes of at least 4 members (excludes halogenated alkanes) is 1. The molecule has 1 aliphatic rings. The van der Waals surface area contributed by atoms with Gasteiger partial charge >= 0.3 is 0 Å². The first kappa shape index (κ1) is 13.6. The van der Waals surface area contributed by atoms with E-state index in [1.807, 2.05) is 4.90 Å². The zero-order valence-corrected chi connectivity index (χ0v) is 12.2. The van der Waals surface area contributed by atoms with Crippen molar-refractivity contribution in [2.45, 2.75) is 52.2 Å². The van der Waals surface area contributed by atoms with Crippen LogP contribution in [-0.4, -0.2) is 23.4 Å². The summed E-state index contributed by atoms with van der Waals surface area (Å²) >= 11 is 1.78. The largest absolute Gasteiger partial charge is 0.321 e. The van der Waals surface area contributed by atoms with Gasteiger partial charge in [0.2, 0.25) is 5.91 Å². The zero-order chi connectivity index (χ0) is 13.1. The number of hydrogen-bond acceptors (Lipinski definition) is 3. The summed E-state index contributed by atoms with van der Waals surface area (Å²) in [7, 11) is 0. The summed E-state index contributed by atoms with van der Waals surface area (Å²) < 4.78 is 0. The number of hydrogen-bond donors (Lipinski definition) is 1. The lowest BCUT2D eigenvalue weighted by atomic mass is 10.1. The van der Waals surface area contributed by atoms with Gasteiger partial charge in [-0.05, 0) is 32.4 Å². The highest BCUT2D eigenvalue weighted by Crippen LogP contribution is 2.31. The molecule has 1 aromatic heterocycles. The second kappa shape index (κ2) is 5.85. The molecular formula is C14H22N2OS. The molecule has 0 spiro atoms. The third kappa shape index (κ3) is 2.59. The molecule has 2 rings (SSSR count). The number of rotatable bonds is 5. The molecule has 18 heavy (non-hydrogen) atoms. The van der Waals surface area contributed by atoms with Crippen LogP contribution in [0, 0.1) is 6.92 Å². The maximum atomic E-state index is 12.3. The molecule has 1 amide bonds. The first-order valence-corrected chi connectivity index (χ1v) is 7.61. The van der Waals surface area contributed by atoms with E-state index in [9.17, 15) is 4.79 Å². The van der Waals surface area contributed by atoms with Crippen molar-refractivity contribution in [3.8, 4) is 0 Å². The van der Waals surface area contributed by atoms with Crippen LogP contribution in [0.3, 0.4) is 0 Å². The molecule has 3 nitrogen and oxygen atoms in total. The lowest BCUT2D eigenvalue weighted by molar-refractivity contribution is -0.130. The molecule has 2 heterocycles. The molecule has 1 N–H and O–H groups in total. The second-order valence-electron chi connectivity index (χ2n) is 4.84. The fraction of sp³-hybridized carbons (Fsp3) is 0.643. The van der Waals surface area contributed by atoms with Gasteiger partial charge in [-0.1, -0.05) is 19.8 Å². The van der Waals surface area contributed by atoms with Crippen LogP contribution in [0.15, 0.2) is 12.1 Å². The Labute approximate surface area is 113 Å². The van der Waals surface area contributed by atoms with Gasteiger partial charge in [0.1, 0.15) is 6.17 Å². The number of aryl methyl sites for hydroxylation is 1. The summed E-state index contributed by atoms with van der Waals surface area (Å²) in [6.45, 7) is 7.10. The Morgan fingerprint density at radius 3 is 2.72 bits per heavy atom. The fourth-order valence-corrected chi connectivity index (χ4v) is 3.42. The smallest absolute Gasteiger partial charge is 0.241 e. The normalized spacial score (nSPS) is 23.9. The van der Waals surface area contributed by atoms with Crippen LogP contribution in [-0.2, 0) is 4.79 Å². The van der Waals surface area contributed by atoms with E-state index in [-0.39, 0.29) is 18.1 Å². The van der Waals surface area contributed by atoms with Gasteiger partial charge in [0.15, 0.2) is 0 Å². The van der Waals surface area contributed by atoms with Gasteiger partial charge in [-0.15, -0.1) is 11.3 Å². The number of carbonyl (C=O) groups is 1. The number of nitrogens with zero attached hydrogens (tertiary/aromatic N) is 1. The predicted octanol–water partition coefficient (Wildman–Crippen LogP) is 3.07. The van der Waals surface area contributed by atoms with Gasteiger partial charge < -0.3 is 4.90 Å². The van der Waals surface area contributed by atoms with E-state index in [1.165, 1.54) is 9.75 Å². The highest BCUT2D eigenvalue weighted by atomic mass is 32.1. The van der Waals surface area contributed by atoms with Crippen molar-refractivity contribution >= 4 is 17.2 Å². The van der Waals surface area contributed by atoms with Crippen LogP contribution in [0.25, 0.3) is 0 Å². The number of nitrogens with one attached hydrogen (secondary N) is 1. The van der Waals surface area contributed by atoms with Crippen LogP contribution < -0.4 is 5.32 Å². The monoisotopic (exact) mass is 266 g/mol. The van der Waals surface area contributed by atoms with Crippen molar-refractivity contribution in [2.75, 3.05) is 6.54 Å². The molecule has 1 fully saturated rings. The van der Waals surface area contributed by atoms with E-state index in [0.717, 1.165) is 25.8 Å². The van der Waals surface area contributed by atoms with Crippen LogP contribution in [0.1, 0.15) is 49.0 Å². The minimum Gasteiger partial charge on any atom is -0.321 e. The van der Waals surface area contributed by atoms with Crippen molar-refractivity contribution in [3.63, 3.8) is 0 Å². The quantitative estimate of drug-likeness (QED) is 0.888. The van der Waals surface area contributed by atoms with E-state index < -0.39 is 0 Å². The minimum atomic E-state index is 0.0114. The summed E-state index contributed by atoms with van der Waals surface area (Å²) in [5.41, 5.74) is 0. The van der Waals surface area contributed by atoms with Gasteiger partial charge in [0.05, 0.1) is 6.04 Å². The Balaban J connectivity index is 2.13. The molecule has 0 radical (unpaired) electrons. The van der Waals surface area contributed by atoms with Gasteiger partial charge in [-0.2, -0.15) is 0 Å². The molecule has 0 aliphatic carbocycles. The van der Waals surface area contributed by atoms with Crippen molar-refractivity contribution in [1.82, 2.24) is 10.2 Å². The lowest BCUT2D eigenvalue weighted by Crippen LogP contribution is -2.30.